The number of aromatic nitrogens is 2. The summed E-state index contributed by atoms with van der Waals surface area (Å²) in [5.41, 5.74) is 2.97. The molecule has 0 aromatic carbocycles. The molecule has 0 spiro atoms. The van der Waals surface area contributed by atoms with Gasteiger partial charge in [0.25, 0.3) is 0 Å². The second kappa shape index (κ2) is 5.11. The van der Waals surface area contributed by atoms with Crippen molar-refractivity contribution in [3.8, 4) is 0 Å². The third kappa shape index (κ3) is 2.74. The lowest BCUT2D eigenvalue weighted by molar-refractivity contribution is 0.436. The SMILES string of the molecule is CCn1nc(C)c(Br)c1CNCC1(CC)CC1. The van der Waals surface area contributed by atoms with Gasteiger partial charge < -0.3 is 5.32 Å². The Morgan fingerprint density at radius 3 is 2.65 bits per heavy atom. The average molecular weight is 300 g/mol. The smallest absolute Gasteiger partial charge is 0.0739 e. The van der Waals surface area contributed by atoms with Gasteiger partial charge >= 0.3 is 0 Å². The van der Waals surface area contributed by atoms with E-state index in [-0.39, 0.29) is 0 Å². The molecule has 1 aromatic heterocycles. The highest BCUT2D eigenvalue weighted by Crippen LogP contribution is 2.47. The molecule has 1 aliphatic rings. The number of nitrogens with one attached hydrogen (secondary N) is 1. The molecule has 17 heavy (non-hydrogen) atoms. The Balaban J connectivity index is 1.94. The van der Waals surface area contributed by atoms with Crippen molar-refractivity contribution >= 4 is 15.9 Å². The van der Waals surface area contributed by atoms with Crippen LogP contribution >= 0.6 is 15.9 Å². The summed E-state index contributed by atoms with van der Waals surface area (Å²) in [7, 11) is 0. The number of nitrogens with zero attached hydrogens (tertiary/aromatic N) is 2. The molecule has 0 amide bonds. The van der Waals surface area contributed by atoms with E-state index in [0.29, 0.717) is 5.41 Å². The van der Waals surface area contributed by atoms with Gasteiger partial charge in [-0.1, -0.05) is 6.92 Å². The van der Waals surface area contributed by atoms with E-state index in [2.05, 4.69) is 44.9 Å². The fourth-order valence-electron chi connectivity index (χ4n) is 2.32. The quantitative estimate of drug-likeness (QED) is 0.874. The number of aryl methyl sites for hydroxylation is 2. The minimum Gasteiger partial charge on any atom is -0.311 e. The minimum absolute atomic E-state index is 0.610. The topological polar surface area (TPSA) is 29.9 Å². The van der Waals surface area contributed by atoms with Crippen LogP contribution in [0.1, 0.15) is 44.5 Å². The van der Waals surface area contributed by atoms with Gasteiger partial charge in [0.2, 0.25) is 0 Å². The first kappa shape index (κ1) is 13.1. The van der Waals surface area contributed by atoms with Gasteiger partial charge in [-0.15, -0.1) is 0 Å². The van der Waals surface area contributed by atoms with Crippen LogP contribution in [0.3, 0.4) is 0 Å². The summed E-state index contributed by atoms with van der Waals surface area (Å²) < 4.78 is 3.24. The predicted octanol–water partition coefficient (Wildman–Crippen LogP) is 3.25. The predicted molar refractivity (Wildman–Crippen MR) is 74.0 cm³/mol. The Morgan fingerprint density at radius 1 is 1.41 bits per heavy atom. The summed E-state index contributed by atoms with van der Waals surface area (Å²) in [6, 6.07) is 0. The zero-order valence-electron chi connectivity index (χ0n) is 11.0. The second-order valence-corrected chi connectivity index (χ2v) is 5.91. The van der Waals surface area contributed by atoms with Crippen LogP contribution in [0.25, 0.3) is 0 Å². The molecule has 1 N–H and O–H groups in total. The lowest BCUT2D eigenvalue weighted by Gasteiger charge is -2.14. The number of hydrogen-bond acceptors (Lipinski definition) is 2. The van der Waals surface area contributed by atoms with Crippen molar-refractivity contribution in [2.75, 3.05) is 6.54 Å². The first-order chi connectivity index (χ1) is 8.12. The van der Waals surface area contributed by atoms with Crippen molar-refractivity contribution in [1.29, 1.82) is 0 Å². The Morgan fingerprint density at radius 2 is 2.12 bits per heavy atom. The highest BCUT2D eigenvalue weighted by molar-refractivity contribution is 9.10. The van der Waals surface area contributed by atoms with E-state index >= 15 is 0 Å². The maximum Gasteiger partial charge on any atom is 0.0739 e. The highest BCUT2D eigenvalue weighted by Gasteiger charge is 2.39. The second-order valence-electron chi connectivity index (χ2n) is 5.12. The van der Waals surface area contributed by atoms with Gasteiger partial charge in [0.1, 0.15) is 0 Å². The van der Waals surface area contributed by atoms with Crippen LogP contribution in [0.2, 0.25) is 0 Å². The van der Waals surface area contributed by atoms with Gasteiger partial charge in [-0.2, -0.15) is 5.10 Å². The Bertz CT molecular complexity index is 394. The standard InChI is InChI=1S/C13H22BrN3/c1-4-13(6-7-13)9-15-8-11-12(14)10(3)16-17(11)5-2/h15H,4-9H2,1-3H3. The third-order valence-corrected chi connectivity index (χ3v) is 4.98. The summed E-state index contributed by atoms with van der Waals surface area (Å²) >= 11 is 3.63. The molecule has 0 atom stereocenters. The van der Waals surface area contributed by atoms with Crippen molar-refractivity contribution in [2.45, 2.75) is 53.1 Å². The molecule has 2 rings (SSSR count). The molecule has 1 fully saturated rings. The first-order valence-corrected chi connectivity index (χ1v) is 7.33. The summed E-state index contributed by atoms with van der Waals surface area (Å²) in [5, 5.41) is 8.10. The van der Waals surface area contributed by atoms with Crippen LogP contribution in [0.4, 0.5) is 0 Å². The molecule has 1 aromatic rings. The van der Waals surface area contributed by atoms with Crippen molar-refractivity contribution in [3.05, 3.63) is 15.9 Å². The van der Waals surface area contributed by atoms with Gasteiger partial charge in [-0.05, 0) is 54.5 Å². The van der Waals surface area contributed by atoms with Crippen LogP contribution in [-0.4, -0.2) is 16.3 Å². The molecular formula is C13H22BrN3. The van der Waals surface area contributed by atoms with Crippen LogP contribution in [-0.2, 0) is 13.1 Å². The molecular weight excluding hydrogens is 278 g/mol. The van der Waals surface area contributed by atoms with Crippen LogP contribution in [0.5, 0.6) is 0 Å². The van der Waals surface area contributed by atoms with E-state index in [1.54, 1.807) is 0 Å². The fraction of sp³-hybridized carbons (Fsp3) is 0.769. The van der Waals surface area contributed by atoms with Crippen LogP contribution in [0, 0.1) is 12.3 Å². The number of halogens is 1. The molecule has 0 bridgehead atoms. The lowest BCUT2D eigenvalue weighted by atomic mass is 10.0. The Labute approximate surface area is 112 Å². The van der Waals surface area contributed by atoms with Crippen LogP contribution < -0.4 is 5.32 Å². The summed E-state index contributed by atoms with van der Waals surface area (Å²) in [5.74, 6) is 0. The van der Waals surface area contributed by atoms with Gasteiger partial charge in [-0.3, -0.25) is 4.68 Å². The van der Waals surface area contributed by atoms with Crippen molar-refractivity contribution in [1.82, 2.24) is 15.1 Å². The number of rotatable bonds is 6. The van der Waals surface area contributed by atoms with E-state index in [0.717, 1.165) is 29.8 Å². The van der Waals surface area contributed by atoms with Crippen LogP contribution in [0.15, 0.2) is 4.47 Å². The van der Waals surface area contributed by atoms with E-state index < -0.39 is 0 Å². The largest absolute Gasteiger partial charge is 0.311 e. The fourth-order valence-corrected chi connectivity index (χ4v) is 2.74. The van der Waals surface area contributed by atoms with Crippen molar-refractivity contribution < 1.29 is 0 Å². The number of hydrogen-bond donors (Lipinski definition) is 1. The molecule has 4 heteroatoms. The first-order valence-electron chi connectivity index (χ1n) is 6.54. The summed E-state index contributed by atoms with van der Waals surface area (Å²) in [6.07, 6.45) is 4.08. The highest BCUT2D eigenvalue weighted by atomic mass is 79.9. The van der Waals surface area contributed by atoms with E-state index in [4.69, 9.17) is 0 Å². The minimum atomic E-state index is 0.610. The summed E-state index contributed by atoms with van der Waals surface area (Å²) in [6.45, 7) is 9.47. The molecule has 0 radical (unpaired) electrons. The normalized spacial score (nSPS) is 17.4. The van der Waals surface area contributed by atoms with Gasteiger partial charge in [-0.25, -0.2) is 0 Å². The Hall–Kier alpha value is -0.350. The molecule has 0 unspecified atom stereocenters. The van der Waals surface area contributed by atoms with E-state index in [1.807, 2.05) is 6.92 Å². The van der Waals surface area contributed by atoms with E-state index in [9.17, 15) is 0 Å². The molecule has 0 aliphatic heterocycles. The average Bonchev–Trinajstić information content (AvgIpc) is 3.06. The van der Waals surface area contributed by atoms with Gasteiger partial charge in [0.15, 0.2) is 0 Å². The molecule has 1 heterocycles. The maximum absolute atomic E-state index is 4.51. The van der Waals surface area contributed by atoms with Crippen molar-refractivity contribution in [3.63, 3.8) is 0 Å². The molecule has 0 saturated heterocycles. The summed E-state index contributed by atoms with van der Waals surface area (Å²) in [4.78, 5) is 0. The zero-order valence-corrected chi connectivity index (χ0v) is 12.6. The monoisotopic (exact) mass is 299 g/mol. The van der Waals surface area contributed by atoms with Gasteiger partial charge in [0, 0.05) is 19.6 Å². The molecule has 1 aliphatic carbocycles. The third-order valence-electron chi connectivity index (χ3n) is 3.95. The van der Waals surface area contributed by atoms with Crippen molar-refractivity contribution in [2.24, 2.45) is 5.41 Å². The molecule has 3 nitrogen and oxygen atoms in total. The zero-order chi connectivity index (χ0) is 12.5. The lowest BCUT2D eigenvalue weighted by Crippen LogP contribution is -2.24. The van der Waals surface area contributed by atoms with Gasteiger partial charge in [0.05, 0.1) is 15.9 Å². The van der Waals surface area contributed by atoms with E-state index in [1.165, 1.54) is 25.0 Å². The maximum atomic E-state index is 4.51. The molecule has 1 saturated carbocycles. The Kier molecular flexibility index (Phi) is 3.93. The molecule has 96 valence electrons.